The lowest BCUT2D eigenvalue weighted by molar-refractivity contribution is 0.0952. The molecule has 1 amide bonds. The summed E-state index contributed by atoms with van der Waals surface area (Å²) in [6.07, 6.45) is 2.05. The van der Waals surface area contributed by atoms with Gasteiger partial charge in [0.2, 0.25) is 0 Å². The van der Waals surface area contributed by atoms with Crippen LogP contribution in [-0.2, 0) is 0 Å². The molecule has 0 radical (unpaired) electrons. The van der Waals surface area contributed by atoms with Crippen molar-refractivity contribution >= 4 is 28.2 Å². The van der Waals surface area contributed by atoms with E-state index in [1.165, 1.54) is 11.3 Å². The first kappa shape index (κ1) is 14.8. The highest BCUT2D eigenvalue weighted by Gasteiger charge is 2.16. The van der Waals surface area contributed by atoms with E-state index in [1.54, 1.807) is 0 Å². The minimum Gasteiger partial charge on any atom is -0.382 e. The fourth-order valence-corrected chi connectivity index (χ4v) is 2.12. The number of anilines is 2. The van der Waals surface area contributed by atoms with Crippen LogP contribution in [0.4, 0.5) is 10.9 Å². The van der Waals surface area contributed by atoms with Gasteiger partial charge in [-0.05, 0) is 12.3 Å². The molecule has 0 fully saturated rings. The first-order valence-electron chi connectivity index (χ1n) is 6.36. The Bertz CT molecular complexity index is 391. The number of hydrogen-bond donors (Lipinski definition) is 3. The van der Waals surface area contributed by atoms with Gasteiger partial charge in [0.1, 0.15) is 10.7 Å². The molecule has 1 heterocycles. The number of amides is 1. The summed E-state index contributed by atoms with van der Waals surface area (Å²) < 4.78 is 0. The number of aromatic nitrogens is 1. The highest BCUT2D eigenvalue weighted by atomic mass is 32.1. The van der Waals surface area contributed by atoms with E-state index < -0.39 is 0 Å². The lowest BCUT2D eigenvalue weighted by Crippen LogP contribution is -2.27. The van der Waals surface area contributed by atoms with Gasteiger partial charge in [-0.1, -0.05) is 38.5 Å². The van der Waals surface area contributed by atoms with Gasteiger partial charge in [-0.3, -0.25) is 4.79 Å². The van der Waals surface area contributed by atoms with Crippen molar-refractivity contribution in [2.75, 3.05) is 24.1 Å². The number of nitrogens with zero attached hydrogens (tertiary/aromatic N) is 1. The summed E-state index contributed by atoms with van der Waals surface area (Å²) >= 11 is 1.31. The largest absolute Gasteiger partial charge is 0.382 e. The maximum Gasteiger partial charge on any atom is 0.265 e. The highest BCUT2D eigenvalue weighted by Crippen LogP contribution is 2.24. The third-order valence-electron chi connectivity index (χ3n) is 2.69. The minimum atomic E-state index is -0.130. The van der Waals surface area contributed by atoms with Gasteiger partial charge in [0.05, 0.1) is 0 Å². The molecule has 0 saturated carbocycles. The maximum atomic E-state index is 11.9. The Labute approximate surface area is 112 Å². The number of rotatable bonds is 7. The van der Waals surface area contributed by atoms with Crippen LogP contribution in [0, 0.1) is 5.92 Å². The third kappa shape index (κ3) is 4.18. The van der Waals surface area contributed by atoms with E-state index in [9.17, 15) is 4.79 Å². The Balaban J connectivity index is 2.59. The molecular formula is C12H22N4OS. The van der Waals surface area contributed by atoms with Crippen molar-refractivity contribution in [1.29, 1.82) is 0 Å². The Morgan fingerprint density at radius 1 is 1.50 bits per heavy atom. The van der Waals surface area contributed by atoms with E-state index in [1.807, 2.05) is 0 Å². The molecule has 0 aliphatic rings. The second-order valence-corrected chi connectivity index (χ2v) is 5.38. The SMILES string of the molecule is CCCNc1nc(N)c(C(=O)NCC(C)CC)s1. The van der Waals surface area contributed by atoms with Gasteiger partial charge in [-0.2, -0.15) is 0 Å². The van der Waals surface area contributed by atoms with Crippen molar-refractivity contribution in [2.24, 2.45) is 5.92 Å². The summed E-state index contributed by atoms with van der Waals surface area (Å²) in [6.45, 7) is 7.78. The number of carbonyl (C=O) groups is 1. The number of thiazole rings is 1. The molecular weight excluding hydrogens is 248 g/mol. The molecule has 18 heavy (non-hydrogen) atoms. The minimum absolute atomic E-state index is 0.130. The van der Waals surface area contributed by atoms with Crippen molar-refractivity contribution in [2.45, 2.75) is 33.6 Å². The summed E-state index contributed by atoms with van der Waals surface area (Å²) in [4.78, 5) is 16.6. The van der Waals surface area contributed by atoms with E-state index >= 15 is 0 Å². The highest BCUT2D eigenvalue weighted by molar-refractivity contribution is 7.18. The van der Waals surface area contributed by atoms with Gasteiger partial charge in [-0.25, -0.2) is 4.98 Å². The summed E-state index contributed by atoms with van der Waals surface area (Å²) in [5.41, 5.74) is 5.75. The van der Waals surface area contributed by atoms with Crippen molar-refractivity contribution in [3.63, 3.8) is 0 Å². The molecule has 5 nitrogen and oxygen atoms in total. The molecule has 1 atom stereocenters. The van der Waals surface area contributed by atoms with Crippen LogP contribution in [0.5, 0.6) is 0 Å². The molecule has 1 aromatic rings. The topological polar surface area (TPSA) is 80.0 Å². The van der Waals surface area contributed by atoms with Gasteiger partial charge in [0.25, 0.3) is 5.91 Å². The summed E-state index contributed by atoms with van der Waals surface area (Å²) in [5, 5.41) is 6.73. The molecule has 6 heteroatoms. The Hall–Kier alpha value is -1.30. The zero-order valence-electron chi connectivity index (χ0n) is 11.2. The van der Waals surface area contributed by atoms with Crippen LogP contribution >= 0.6 is 11.3 Å². The van der Waals surface area contributed by atoms with Crippen molar-refractivity contribution in [3.8, 4) is 0 Å². The lowest BCUT2D eigenvalue weighted by atomic mass is 10.1. The van der Waals surface area contributed by atoms with Crippen molar-refractivity contribution in [3.05, 3.63) is 4.88 Å². The van der Waals surface area contributed by atoms with Crippen LogP contribution in [0.2, 0.25) is 0 Å². The zero-order chi connectivity index (χ0) is 13.5. The fraction of sp³-hybridized carbons (Fsp3) is 0.667. The van der Waals surface area contributed by atoms with Gasteiger partial charge >= 0.3 is 0 Å². The summed E-state index contributed by atoms with van der Waals surface area (Å²) in [5.74, 6) is 0.649. The summed E-state index contributed by atoms with van der Waals surface area (Å²) in [7, 11) is 0. The molecule has 0 spiro atoms. The predicted octanol–water partition coefficient (Wildman–Crippen LogP) is 2.32. The Morgan fingerprint density at radius 2 is 2.22 bits per heavy atom. The molecule has 0 bridgehead atoms. The molecule has 1 rings (SSSR count). The predicted molar refractivity (Wildman–Crippen MR) is 77.1 cm³/mol. The van der Waals surface area contributed by atoms with Crippen LogP contribution in [0.15, 0.2) is 0 Å². The van der Waals surface area contributed by atoms with Gasteiger partial charge in [0, 0.05) is 13.1 Å². The molecule has 102 valence electrons. The molecule has 0 aromatic carbocycles. The van der Waals surface area contributed by atoms with E-state index in [-0.39, 0.29) is 5.91 Å². The first-order chi connectivity index (χ1) is 8.58. The normalized spacial score (nSPS) is 12.2. The summed E-state index contributed by atoms with van der Waals surface area (Å²) in [6, 6.07) is 0. The van der Waals surface area contributed by atoms with Crippen LogP contribution in [0.25, 0.3) is 0 Å². The monoisotopic (exact) mass is 270 g/mol. The Kier molecular flexibility index (Phi) is 5.91. The van der Waals surface area contributed by atoms with Crippen LogP contribution in [0.3, 0.4) is 0 Å². The van der Waals surface area contributed by atoms with E-state index in [2.05, 4.69) is 36.4 Å². The third-order valence-corrected chi connectivity index (χ3v) is 3.72. The number of nitrogens with one attached hydrogen (secondary N) is 2. The molecule has 0 saturated heterocycles. The second kappa shape index (κ2) is 7.20. The number of hydrogen-bond acceptors (Lipinski definition) is 5. The maximum absolute atomic E-state index is 11.9. The fourth-order valence-electron chi connectivity index (χ4n) is 1.29. The Morgan fingerprint density at radius 3 is 2.83 bits per heavy atom. The average Bonchev–Trinajstić information content (AvgIpc) is 2.74. The van der Waals surface area contributed by atoms with Crippen molar-refractivity contribution < 1.29 is 4.79 Å². The molecule has 0 aliphatic carbocycles. The second-order valence-electron chi connectivity index (χ2n) is 4.38. The average molecular weight is 270 g/mol. The standard InChI is InChI=1S/C12H22N4OS/c1-4-6-14-12-16-10(13)9(18-12)11(17)15-7-8(3)5-2/h8H,4-7,13H2,1-3H3,(H,14,16)(H,15,17). The van der Waals surface area contributed by atoms with Gasteiger partial charge in [0.15, 0.2) is 5.13 Å². The molecule has 0 aliphatic heterocycles. The van der Waals surface area contributed by atoms with E-state index in [0.29, 0.717) is 28.3 Å². The number of carbonyl (C=O) groups excluding carboxylic acids is 1. The van der Waals surface area contributed by atoms with Crippen LogP contribution < -0.4 is 16.4 Å². The molecule has 1 aromatic heterocycles. The van der Waals surface area contributed by atoms with E-state index in [0.717, 1.165) is 19.4 Å². The van der Waals surface area contributed by atoms with Crippen LogP contribution in [0.1, 0.15) is 43.3 Å². The number of nitrogen functional groups attached to an aromatic ring is 1. The van der Waals surface area contributed by atoms with E-state index in [4.69, 9.17) is 5.73 Å². The molecule has 4 N–H and O–H groups in total. The smallest absolute Gasteiger partial charge is 0.265 e. The molecule has 1 unspecified atom stereocenters. The lowest BCUT2D eigenvalue weighted by Gasteiger charge is -2.08. The van der Waals surface area contributed by atoms with Gasteiger partial charge < -0.3 is 16.4 Å². The van der Waals surface area contributed by atoms with Crippen LogP contribution in [-0.4, -0.2) is 24.0 Å². The van der Waals surface area contributed by atoms with Crippen molar-refractivity contribution in [1.82, 2.24) is 10.3 Å². The zero-order valence-corrected chi connectivity index (χ0v) is 12.1. The number of nitrogens with two attached hydrogens (primary N) is 1. The quantitative estimate of drug-likeness (QED) is 0.710. The first-order valence-corrected chi connectivity index (χ1v) is 7.18. The van der Waals surface area contributed by atoms with Gasteiger partial charge in [-0.15, -0.1) is 0 Å².